The fourth-order valence-corrected chi connectivity index (χ4v) is 5.26. The van der Waals surface area contributed by atoms with Gasteiger partial charge in [0.15, 0.2) is 21.3 Å². The maximum Gasteiger partial charge on any atom is 0.227 e. The van der Waals surface area contributed by atoms with Crippen molar-refractivity contribution in [1.82, 2.24) is 4.90 Å². The molecule has 0 radical (unpaired) electrons. The number of hydrogen-bond donors (Lipinski definition) is 0. The van der Waals surface area contributed by atoms with E-state index in [1.165, 1.54) is 27.6 Å². The number of ether oxygens (including phenoxy) is 3. The quantitative estimate of drug-likeness (QED) is 0.641. The fraction of sp³-hybridized carbons (Fsp3) is 0.450. The van der Waals surface area contributed by atoms with E-state index in [-0.39, 0.29) is 36.4 Å². The van der Waals surface area contributed by atoms with Gasteiger partial charge < -0.3 is 23.5 Å². The third kappa shape index (κ3) is 4.84. The Bertz CT molecular complexity index is 928. The summed E-state index contributed by atoms with van der Waals surface area (Å²) in [5.74, 6) is 1.82. The van der Waals surface area contributed by atoms with Gasteiger partial charge in [-0.2, -0.15) is 0 Å². The number of rotatable bonds is 8. The van der Waals surface area contributed by atoms with Gasteiger partial charge in [0.2, 0.25) is 11.7 Å². The van der Waals surface area contributed by atoms with Gasteiger partial charge in [0.25, 0.3) is 0 Å². The summed E-state index contributed by atoms with van der Waals surface area (Å²) < 4.78 is 45.3. The van der Waals surface area contributed by atoms with Crippen molar-refractivity contribution in [2.45, 2.75) is 25.4 Å². The van der Waals surface area contributed by atoms with Crippen LogP contribution in [0.1, 0.15) is 17.7 Å². The Morgan fingerprint density at radius 1 is 1.17 bits per heavy atom. The normalized spacial score (nSPS) is 17.7. The predicted octanol–water partition coefficient (Wildman–Crippen LogP) is 2.06. The van der Waals surface area contributed by atoms with Crippen LogP contribution in [0, 0.1) is 0 Å². The molecule has 158 valence electrons. The highest BCUT2D eigenvalue weighted by atomic mass is 32.2. The Hall–Kier alpha value is -2.68. The van der Waals surface area contributed by atoms with E-state index in [2.05, 4.69) is 0 Å². The number of furan rings is 1. The van der Waals surface area contributed by atoms with Crippen molar-refractivity contribution in [1.29, 1.82) is 0 Å². The van der Waals surface area contributed by atoms with Crippen LogP contribution in [0.5, 0.6) is 17.2 Å². The van der Waals surface area contributed by atoms with E-state index in [0.29, 0.717) is 35.0 Å². The maximum absolute atomic E-state index is 13.2. The first-order chi connectivity index (χ1) is 13.9. The van der Waals surface area contributed by atoms with E-state index < -0.39 is 9.84 Å². The van der Waals surface area contributed by atoms with E-state index >= 15 is 0 Å². The molecule has 0 aliphatic carbocycles. The summed E-state index contributed by atoms with van der Waals surface area (Å²) >= 11 is 0. The first-order valence-corrected chi connectivity index (χ1v) is 11.0. The lowest BCUT2D eigenvalue weighted by Crippen LogP contribution is -2.41. The lowest BCUT2D eigenvalue weighted by Gasteiger charge is -2.27. The SMILES string of the molecule is COc1cc(CC(=O)N(Cc2ccco2)C2CCS(=O)(=O)C2)cc(OC)c1OC. The zero-order chi connectivity index (χ0) is 21.0. The van der Waals surface area contributed by atoms with Crippen molar-refractivity contribution >= 4 is 15.7 Å². The molecule has 2 aromatic rings. The molecule has 0 saturated carbocycles. The molecule has 8 nitrogen and oxygen atoms in total. The van der Waals surface area contributed by atoms with Gasteiger partial charge >= 0.3 is 0 Å². The van der Waals surface area contributed by atoms with Crippen LogP contribution in [0.25, 0.3) is 0 Å². The Balaban J connectivity index is 1.86. The number of nitrogens with zero attached hydrogens (tertiary/aromatic N) is 1. The Labute approximate surface area is 170 Å². The Kier molecular flexibility index (Phi) is 6.36. The van der Waals surface area contributed by atoms with Gasteiger partial charge in [-0.05, 0) is 36.2 Å². The first kappa shape index (κ1) is 21.0. The highest BCUT2D eigenvalue weighted by molar-refractivity contribution is 7.91. The molecule has 9 heteroatoms. The van der Waals surface area contributed by atoms with Gasteiger partial charge in [0, 0.05) is 6.04 Å². The molecule has 2 heterocycles. The Morgan fingerprint density at radius 3 is 2.34 bits per heavy atom. The molecular formula is C20H25NO7S. The van der Waals surface area contributed by atoms with E-state index in [0.717, 1.165) is 0 Å². The molecule has 0 N–H and O–H groups in total. The van der Waals surface area contributed by atoms with Crippen LogP contribution < -0.4 is 14.2 Å². The molecular weight excluding hydrogens is 398 g/mol. The van der Waals surface area contributed by atoms with Crippen molar-refractivity contribution < 1.29 is 31.8 Å². The maximum atomic E-state index is 13.2. The minimum atomic E-state index is -3.14. The van der Waals surface area contributed by atoms with Crippen LogP contribution >= 0.6 is 0 Å². The van der Waals surface area contributed by atoms with Gasteiger partial charge in [-0.15, -0.1) is 0 Å². The molecule has 1 aromatic carbocycles. The lowest BCUT2D eigenvalue weighted by atomic mass is 10.1. The number of amides is 1. The van der Waals surface area contributed by atoms with E-state index in [1.54, 1.807) is 29.2 Å². The van der Waals surface area contributed by atoms with Gasteiger partial charge in [-0.3, -0.25) is 4.79 Å². The molecule has 3 rings (SSSR count). The van der Waals surface area contributed by atoms with E-state index in [9.17, 15) is 13.2 Å². The molecule has 1 aliphatic rings. The van der Waals surface area contributed by atoms with Crippen LogP contribution in [0.2, 0.25) is 0 Å². The third-order valence-electron chi connectivity index (χ3n) is 4.96. The second-order valence-electron chi connectivity index (χ2n) is 6.87. The smallest absolute Gasteiger partial charge is 0.227 e. The largest absolute Gasteiger partial charge is 0.493 e. The van der Waals surface area contributed by atoms with Gasteiger partial charge in [0.05, 0.1) is 52.1 Å². The molecule has 0 spiro atoms. The van der Waals surface area contributed by atoms with Crippen LogP contribution in [0.3, 0.4) is 0 Å². The standard InChI is InChI=1S/C20H25NO7S/c1-25-17-9-14(10-18(26-2)20(17)27-3)11-19(22)21(12-16-5-4-7-28-16)15-6-8-29(23,24)13-15/h4-5,7,9-10,15H,6,8,11-13H2,1-3H3. The minimum Gasteiger partial charge on any atom is -0.493 e. The highest BCUT2D eigenvalue weighted by Gasteiger charge is 2.35. The summed E-state index contributed by atoms with van der Waals surface area (Å²) in [6.45, 7) is 0.219. The molecule has 1 amide bonds. The Morgan fingerprint density at radius 2 is 1.86 bits per heavy atom. The molecule has 1 fully saturated rings. The fourth-order valence-electron chi connectivity index (χ4n) is 3.53. The van der Waals surface area contributed by atoms with Gasteiger partial charge in [-0.1, -0.05) is 0 Å². The summed E-state index contributed by atoms with van der Waals surface area (Å²) in [7, 11) is 1.39. The zero-order valence-electron chi connectivity index (χ0n) is 16.7. The summed E-state index contributed by atoms with van der Waals surface area (Å²) in [6, 6.07) is 6.57. The van der Waals surface area contributed by atoms with Crippen LogP contribution in [0.15, 0.2) is 34.9 Å². The second-order valence-corrected chi connectivity index (χ2v) is 9.10. The van der Waals surface area contributed by atoms with Crippen molar-refractivity contribution in [3.8, 4) is 17.2 Å². The average molecular weight is 423 g/mol. The number of benzene rings is 1. The number of hydrogen-bond acceptors (Lipinski definition) is 7. The summed E-state index contributed by atoms with van der Waals surface area (Å²) in [5, 5.41) is 0. The van der Waals surface area contributed by atoms with E-state index in [1.807, 2.05) is 0 Å². The second kappa shape index (κ2) is 8.77. The summed E-state index contributed by atoms with van der Waals surface area (Å²) in [6.07, 6.45) is 2.01. The minimum absolute atomic E-state index is 0.0330. The lowest BCUT2D eigenvalue weighted by molar-refractivity contribution is -0.133. The molecule has 1 aliphatic heterocycles. The molecule has 1 unspecified atom stereocenters. The molecule has 1 saturated heterocycles. The van der Waals surface area contributed by atoms with Gasteiger partial charge in [0.1, 0.15) is 5.76 Å². The van der Waals surface area contributed by atoms with Crippen LogP contribution in [-0.4, -0.2) is 58.1 Å². The van der Waals surface area contributed by atoms with Crippen LogP contribution in [0.4, 0.5) is 0 Å². The molecule has 1 aromatic heterocycles. The third-order valence-corrected chi connectivity index (χ3v) is 6.71. The zero-order valence-corrected chi connectivity index (χ0v) is 17.5. The molecule has 1 atom stereocenters. The van der Waals surface area contributed by atoms with Crippen molar-refractivity contribution in [3.05, 3.63) is 41.9 Å². The van der Waals surface area contributed by atoms with Crippen molar-refractivity contribution in [2.75, 3.05) is 32.8 Å². The predicted molar refractivity (Wildman–Crippen MR) is 106 cm³/mol. The average Bonchev–Trinajstić information content (AvgIpc) is 3.34. The highest BCUT2D eigenvalue weighted by Crippen LogP contribution is 2.38. The number of carbonyl (C=O) groups is 1. The van der Waals surface area contributed by atoms with Gasteiger partial charge in [-0.25, -0.2) is 8.42 Å². The summed E-state index contributed by atoms with van der Waals surface area (Å²) in [5.41, 5.74) is 0.676. The van der Waals surface area contributed by atoms with Crippen molar-refractivity contribution in [2.24, 2.45) is 0 Å². The summed E-state index contributed by atoms with van der Waals surface area (Å²) in [4.78, 5) is 14.8. The van der Waals surface area contributed by atoms with E-state index in [4.69, 9.17) is 18.6 Å². The number of methoxy groups -OCH3 is 3. The topological polar surface area (TPSA) is 95.3 Å². The van der Waals surface area contributed by atoms with Crippen molar-refractivity contribution in [3.63, 3.8) is 0 Å². The number of sulfone groups is 1. The van der Waals surface area contributed by atoms with Crippen LogP contribution in [-0.2, 0) is 27.6 Å². The molecule has 0 bridgehead atoms. The number of carbonyl (C=O) groups excluding carboxylic acids is 1. The first-order valence-electron chi connectivity index (χ1n) is 9.18. The molecule has 29 heavy (non-hydrogen) atoms. The monoisotopic (exact) mass is 423 g/mol.